The molecule has 2 heterocycles. The van der Waals surface area contributed by atoms with E-state index >= 15 is 0 Å². The summed E-state index contributed by atoms with van der Waals surface area (Å²) in [5.41, 5.74) is 0.886. The third kappa shape index (κ3) is 2.97. The van der Waals surface area contributed by atoms with E-state index in [1.165, 1.54) is 4.40 Å². The molecule has 0 spiro atoms. The Kier molecular flexibility index (Phi) is 3.74. The van der Waals surface area contributed by atoms with Crippen LogP contribution in [0.5, 0.6) is 0 Å². The first-order chi connectivity index (χ1) is 10.1. The van der Waals surface area contributed by atoms with Crippen LogP contribution in [-0.4, -0.2) is 20.1 Å². The van der Waals surface area contributed by atoms with Gasteiger partial charge in [-0.3, -0.25) is 9.20 Å². The van der Waals surface area contributed by atoms with Crippen LogP contribution in [0.1, 0.15) is 0 Å². The number of rotatable bonds is 3. The van der Waals surface area contributed by atoms with Crippen LogP contribution < -0.4 is 11.0 Å². The minimum atomic E-state index is -0.330. The highest BCUT2D eigenvalue weighted by atomic mass is 127. The van der Waals surface area contributed by atoms with E-state index in [4.69, 9.17) is 0 Å². The Morgan fingerprint density at radius 3 is 2.86 bits per heavy atom. The predicted molar refractivity (Wildman–Crippen MR) is 87.2 cm³/mol. The number of pyridine rings is 1. The maximum atomic E-state index is 12.1. The largest absolute Gasteiger partial charge is 0.350 e. The lowest BCUT2D eigenvalue weighted by atomic mass is 10.3. The van der Waals surface area contributed by atoms with Crippen molar-refractivity contribution in [2.75, 3.05) is 5.32 Å². The van der Waals surface area contributed by atoms with Gasteiger partial charge >= 0.3 is 5.69 Å². The van der Waals surface area contributed by atoms with Gasteiger partial charge in [0, 0.05) is 15.5 Å². The summed E-state index contributed by atoms with van der Waals surface area (Å²) in [5, 5.41) is 6.87. The number of hydrogen-bond donors (Lipinski definition) is 1. The monoisotopic (exact) mass is 394 g/mol. The van der Waals surface area contributed by atoms with E-state index in [0.717, 1.165) is 8.25 Å². The van der Waals surface area contributed by atoms with Crippen molar-refractivity contribution in [3.8, 4) is 0 Å². The minimum absolute atomic E-state index is 0.119. The zero-order chi connectivity index (χ0) is 14.8. The van der Waals surface area contributed by atoms with E-state index in [1.807, 2.05) is 18.2 Å². The molecule has 2 aromatic heterocycles. The van der Waals surface area contributed by atoms with E-state index in [2.05, 4.69) is 33.0 Å². The fourth-order valence-electron chi connectivity index (χ4n) is 1.97. The van der Waals surface area contributed by atoms with Crippen molar-refractivity contribution in [3.63, 3.8) is 0 Å². The molecule has 0 unspecified atom stereocenters. The van der Waals surface area contributed by atoms with Crippen molar-refractivity contribution in [1.82, 2.24) is 14.2 Å². The van der Waals surface area contributed by atoms with Crippen LogP contribution in [0, 0.1) is 3.57 Å². The topological polar surface area (TPSA) is 68.4 Å². The molecule has 7 heteroatoms. The molecule has 0 saturated carbocycles. The third-order valence-electron chi connectivity index (χ3n) is 2.89. The SMILES string of the molecule is O=C(Cn1nc2ccccn2c1=O)Nc1cccc(I)c1. The van der Waals surface area contributed by atoms with Gasteiger partial charge in [0.2, 0.25) is 5.91 Å². The van der Waals surface area contributed by atoms with Crippen molar-refractivity contribution >= 4 is 39.8 Å². The summed E-state index contributed by atoms with van der Waals surface area (Å²) >= 11 is 2.17. The molecule has 0 bridgehead atoms. The van der Waals surface area contributed by atoms with Gasteiger partial charge in [-0.05, 0) is 52.9 Å². The Morgan fingerprint density at radius 2 is 2.10 bits per heavy atom. The number of benzene rings is 1. The van der Waals surface area contributed by atoms with Gasteiger partial charge in [0.1, 0.15) is 6.54 Å². The van der Waals surface area contributed by atoms with Crippen LogP contribution in [0.15, 0.2) is 53.5 Å². The fraction of sp³-hybridized carbons (Fsp3) is 0.0714. The second kappa shape index (κ2) is 5.68. The molecule has 1 N–H and O–H groups in total. The molecule has 1 aromatic carbocycles. The molecular weight excluding hydrogens is 383 g/mol. The van der Waals surface area contributed by atoms with Crippen LogP contribution in [-0.2, 0) is 11.3 Å². The Labute approximate surface area is 133 Å². The lowest BCUT2D eigenvalue weighted by molar-refractivity contribution is -0.117. The van der Waals surface area contributed by atoms with Crippen LogP contribution in [0.2, 0.25) is 0 Å². The van der Waals surface area contributed by atoms with Crippen molar-refractivity contribution < 1.29 is 4.79 Å². The summed E-state index contributed by atoms with van der Waals surface area (Å²) in [7, 11) is 0. The first kappa shape index (κ1) is 13.8. The van der Waals surface area contributed by atoms with Gasteiger partial charge in [0.15, 0.2) is 5.65 Å². The summed E-state index contributed by atoms with van der Waals surface area (Å²) in [6, 6.07) is 12.7. The Balaban J connectivity index is 1.80. The molecule has 0 aliphatic rings. The summed E-state index contributed by atoms with van der Waals surface area (Å²) in [6.45, 7) is -0.119. The van der Waals surface area contributed by atoms with Gasteiger partial charge in [-0.15, -0.1) is 5.10 Å². The molecule has 0 saturated heterocycles. The van der Waals surface area contributed by atoms with E-state index < -0.39 is 0 Å². The molecule has 21 heavy (non-hydrogen) atoms. The number of anilines is 1. The number of fused-ring (bicyclic) bond motifs is 1. The zero-order valence-electron chi connectivity index (χ0n) is 10.9. The lowest BCUT2D eigenvalue weighted by Crippen LogP contribution is -2.28. The number of carbonyl (C=O) groups excluding carboxylic acids is 1. The third-order valence-corrected chi connectivity index (χ3v) is 3.56. The lowest BCUT2D eigenvalue weighted by Gasteiger charge is -2.04. The Bertz CT molecular complexity index is 869. The number of aromatic nitrogens is 3. The van der Waals surface area contributed by atoms with Crippen molar-refractivity contribution in [2.45, 2.75) is 6.54 Å². The standard InChI is InChI=1S/C14H11IN4O2/c15-10-4-3-5-11(8-10)16-13(20)9-19-14(21)18-7-2-1-6-12(18)17-19/h1-8H,9H2,(H,16,20). The Hall–Kier alpha value is -2.16. The molecule has 3 aromatic rings. The van der Waals surface area contributed by atoms with Crippen LogP contribution in [0.3, 0.4) is 0 Å². The molecule has 1 amide bonds. The highest BCUT2D eigenvalue weighted by Gasteiger charge is 2.10. The van der Waals surface area contributed by atoms with Gasteiger partial charge in [-0.2, -0.15) is 0 Å². The fourth-order valence-corrected chi connectivity index (χ4v) is 2.52. The number of carbonyl (C=O) groups is 1. The van der Waals surface area contributed by atoms with Crippen LogP contribution in [0.4, 0.5) is 5.69 Å². The van der Waals surface area contributed by atoms with Gasteiger partial charge in [-0.1, -0.05) is 12.1 Å². The first-order valence-corrected chi connectivity index (χ1v) is 7.31. The maximum absolute atomic E-state index is 12.1. The number of nitrogens with zero attached hydrogens (tertiary/aromatic N) is 3. The van der Waals surface area contributed by atoms with Crippen LogP contribution in [0.25, 0.3) is 5.65 Å². The average Bonchev–Trinajstić information content (AvgIpc) is 2.76. The van der Waals surface area contributed by atoms with E-state index in [1.54, 1.807) is 30.5 Å². The van der Waals surface area contributed by atoms with E-state index in [-0.39, 0.29) is 18.1 Å². The maximum Gasteiger partial charge on any atom is 0.350 e. The highest BCUT2D eigenvalue weighted by molar-refractivity contribution is 14.1. The highest BCUT2D eigenvalue weighted by Crippen LogP contribution is 2.12. The predicted octanol–water partition coefficient (Wildman–Crippen LogP) is 1.74. The van der Waals surface area contributed by atoms with Crippen LogP contribution >= 0.6 is 22.6 Å². The average molecular weight is 394 g/mol. The van der Waals surface area contributed by atoms with Crippen molar-refractivity contribution in [2.24, 2.45) is 0 Å². The minimum Gasteiger partial charge on any atom is -0.324 e. The molecule has 0 aliphatic heterocycles. The molecule has 3 rings (SSSR count). The zero-order valence-corrected chi connectivity index (χ0v) is 13.0. The summed E-state index contributed by atoms with van der Waals surface area (Å²) in [6.07, 6.45) is 1.62. The summed E-state index contributed by atoms with van der Waals surface area (Å²) in [4.78, 5) is 24.1. The van der Waals surface area contributed by atoms with Gasteiger partial charge < -0.3 is 5.32 Å². The normalized spacial score (nSPS) is 10.7. The number of amides is 1. The van der Waals surface area contributed by atoms with Gasteiger partial charge in [0.05, 0.1) is 0 Å². The van der Waals surface area contributed by atoms with Gasteiger partial charge in [0.25, 0.3) is 0 Å². The second-order valence-electron chi connectivity index (χ2n) is 4.43. The molecule has 0 radical (unpaired) electrons. The van der Waals surface area contributed by atoms with E-state index in [9.17, 15) is 9.59 Å². The van der Waals surface area contributed by atoms with Crippen molar-refractivity contribution in [3.05, 3.63) is 62.7 Å². The summed E-state index contributed by atoms with van der Waals surface area (Å²) in [5.74, 6) is -0.289. The first-order valence-electron chi connectivity index (χ1n) is 6.23. The number of nitrogens with one attached hydrogen (secondary N) is 1. The second-order valence-corrected chi connectivity index (χ2v) is 5.67. The molecule has 0 fully saturated rings. The Morgan fingerprint density at radius 1 is 1.24 bits per heavy atom. The van der Waals surface area contributed by atoms with Crippen molar-refractivity contribution in [1.29, 1.82) is 0 Å². The smallest absolute Gasteiger partial charge is 0.324 e. The summed E-state index contributed by atoms with van der Waals surface area (Å²) < 4.78 is 3.58. The number of halogens is 1. The number of hydrogen-bond acceptors (Lipinski definition) is 3. The molecule has 6 nitrogen and oxygen atoms in total. The molecule has 0 atom stereocenters. The molecular formula is C14H11IN4O2. The molecule has 0 aliphatic carbocycles. The van der Waals surface area contributed by atoms with Gasteiger partial charge in [-0.25, -0.2) is 9.48 Å². The quantitative estimate of drug-likeness (QED) is 0.689. The molecule has 106 valence electrons. The van der Waals surface area contributed by atoms with E-state index in [0.29, 0.717) is 11.3 Å².